The normalized spacial score (nSPS) is 16.1. The van der Waals surface area contributed by atoms with Crippen LogP contribution >= 0.6 is 0 Å². The van der Waals surface area contributed by atoms with Crippen molar-refractivity contribution in [3.8, 4) is 0 Å². The van der Waals surface area contributed by atoms with Crippen molar-refractivity contribution in [1.29, 1.82) is 0 Å². The van der Waals surface area contributed by atoms with E-state index in [2.05, 4.69) is 26.8 Å². The van der Waals surface area contributed by atoms with Crippen LogP contribution in [0.15, 0.2) is 41.3 Å². The lowest BCUT2D eigenvalue weighted by Gasteiger charge is -2.37. The summed E-state index contributed by atoms with van der Waals surface area (Å²) in [4.78, 5) is 17.0. The Morgan fingerprint density at radius 2 is 1.78 bits per heavy atom. The Kier molecular flexibility index (Phi) is 7.47. The summed E-state index contributed by atoms with van der Waals surface area (Å²) in [7, 11) is -2.61. The summed E-state index contributed by atoms with van der Waals surface area (Å²) in [5.41, 5.74) is 0.979. The molecule has 10 heteroatoms. The van der Waals surface area contributed by atoms with E-state index in [0.29, 0.717) is 5.56 Å². The number of likely N-dealkylation sites (N-methyl/N-ethyl adjacent to an activating group) is 1. The number of anilines is 1. The average molecular weight is 467 g/mol. The maximum Gasteiger partial charge on any atom is 0.254 e. The highest BCUT2D eigenvalue weighted by Gasteiger charge is 2.24. The van der Waals surface area contributed by atoms with E-state index in [1.54, 1.807) is 13.0 Å². The second-order valence-electron chi connectivity index (χ2n) is 7.67. The monoisotopic (exact) mass is 466 g/mol. The van der Waals surface area contributed by atoms with Gasteiger partial charge in [0.25, 0.3) is 5.91 Å². The fourth-order valence-electron chi connectivity index (χ4n) is 3.78. The standard InChI is InChI=1S/C22H28F2N4O3S/c1-4-27-9-11-28(12-10-27)21-8-5-16(23)13-18(21)15(2)26-22(29)19-14-17(6-7-20(19)24)32(30,31)25-3/h5-8,13-15,25H,4,9-12H2,1-3H3,(H,26,29). The number of benzene rings is 2. The number of hydrogen-bond donors (Lipinski definition) is 2. The van der Waals surface area contributed by atoms with Crippen LogP contribution in [0, 0.1) is 11.6 Å². The van der Waals surface area contributed by atoms with Gasteiger partial charge in [0.05, 0.1) is 16.5 Å². The lowest BCUT2D eigenvalue weighted by atomic mass is 10.0. The summed E-state index contributed by atoms with van der Waals surface area (Å²) in [6.45, 7) is 8.05. The Hall–Kier alpha value is -2.56. The molecule has 0 saturated carbocycles. The van der Waals surface area contributed by atoms with E-state index < -0.39 is 39.2 Å². The number of carbonyl (C=O) groups is 1. The molecular weight excluding hydrogens is 438 g/mol. The molecule has 0 bridgehead atoms. The molecular formula is C22H28F2N4O3S. The second-order valence-corrected chi connectivity index (χ2v) is 9.56. The van der Waals surface area contributed by atoms with Gasteiger partial charge in [-0.25, -0.2) is 21.9 Å². The van der Waals surface area contributed by atoms with Gasteiger partial charge in [-0.2, -0.15) is 0 Å². The van der Waals surface area contributed by atoms with Crippen molar-refractivity contribution < 1.29 is 22.0 Å². The van der Waals surface area contributed by atoms with Crippen LogP contribution in [-0.2, 0) is 10.0 Å². The molecule has 1 amide bonds. The zero-order valence-corrected chi connectivity index (χ0v) is 19.2. The molecule has 7 nitrogen and oxygen atoms in total. The minimum absolute atomic E-state index is 0.223. The Morgan fingerprint density at radius 3 is 2.41 bits per heavy atom. The lowest BCUT2D eigenvalue weighted by Crippen LogP contribution is -2.46. The van der Waals surface area contributed by atoms with Gasteiger partial charge >= 0.3 is 0 Å². The van der Waals surface area contributed by atoms with E-state index in [1.807, 2.05) is 0 Å². The fraction of sp³-hybridized carbons (Fsp3) is 0.409. The molecule has 0 spiro atoms. The number of nitrogens with one attached hydrogen (secondary N) is 2. The topological polar surface area (TPSA) is 81.8 Å². The van der Waals surface area contributed by atoms with Gasteiger partial charge in [-0.1, -0.05) is 6.92 Å². The molecule has 1 fully saturated rings. The highest BCUT2D eigenvalue weighted by atomic mass is 32.2. The van der Waals surface area contributed by atoms with Crippen molar-refractivity contribution in [3.63, 3.8) is 0 Å². The van der Waals surface area contributed by atoms with Crippen molar-refractivity contribution in [1.82, 2.24) is 14.9 Å². The third-order valence-electron chi connectivity index (χ3n) is 5.73. The van der Waals surface area contributed by atoms with Crippen LogP contribution in [0.4, 0.5) is 14.5 Å². The highest BCUT2D eigenvalue weighted by molar-refractivity contribution is 7.89. The number of piperazine rings is 1. The Labute approximate surface area is 187 Å². The zero-order chi connectivity index (χ0) is 23.5. The maximum absolute atomic E-state index is 14.3. The largest absolute Gasteiger partial charge is 0.369 e. The second kappa shape index (κ2) is 9.93. The summed E-state index contributed by atoms with van der Waals surface area (Å²) >= 11 is 0. The predicted molar refractivity (Wildman–Crippen MR) is 119 cm³/mol. The van der Waals surface area contributed by atoms with E-state index >= 15 is 0 Å². The molecule has 1 unspecified atom stereocenters. The van der Waals surface area contributed by atoms with E-state index in [9.17, 15) is 22.0 Å². The SMILES string of the molecule is CCN1CCN(c2ccc(F)cc2C(C)NC(=O)c2cc(S(=O)(=O)NC)ccc2F)CC1. The Morgan fingerprint density at radius 1 is 1.09 bits per heavy atom. The summed E-state index contributed by atoms with van der Waals surface area (Å²) in [5.74, 6) is -2.07. The summed E-state index contributed by atoms with van der Waals surface area (Å²) < 4.78 is 54.6. The number of nitrogens with zero attached hydrogens (tertiary/aromatic N) is 2. The minimum Gasteiger partial charge on any atom is -0.369 e. The molecule has 0 radical (unpaired) electrons. The molecule has 0 aromatic heterocycles. The van der Waals surface area contributed by atoms with Crippen molar-refractivity contribution in [2.45, 2.75) is 24.8 Å². The first-order valence-corrected chi connectivity index (χ1v) is 11.9. The first kappa shape index (κ1) is 24.1. The quantitative estimate of drug-likeness (QED) is 0.655. The number of rotatable bonds is 7. The highest BCUT2D eigenvalue weighted by Crippen LogP contribution is 2.29. The molecule has 2 N–H and O–H groups in total. The van der Waals surface area contributed by atoms with Crippen molar-refractivity contribution in [3.05, 3.63) is 59.2 Å². The van der Waals surface area contributed by atoms with Gasteiger partial charge in [0.15, 0.2) is 0 Å². The third kappa shape index (κ3) is 5.25. The van der Waals surface area contributed by atoms with Crippen LogP contribution in [0.5, 0.6) is 0 Å². The van der Waals surface area contributed by atoms with E-state index in [4.69, 9.17) is 0 Å². The van der Waals surface area contributed by atoms with Crippen molar-refractivity contribution in [2.75, 3.05) is 44.7 Å². The third-order valence-corrected chi connectivity index (χ3v) is 7.14. The van der Waals surface area contributed by atoms with Crippen LogP contribution < -0.4 is 14.9 Å². The zero-order valence-electron chi connectivity index (χ0n) is 18.4. The fourth-order valence-corrected chi connectivity index (χ4v) is 4.54. The summed E-state index contributed by atoms with van der Waals surface area (Å²) in [5, 5.41) is 2.68. The van der Waals surface area contributed by atoms with Crippen LogP contribution in [-0.4, -0.2) is 59.0 Å². The number of amides is 1. The molecule has 1 atom stereocenters. The van der Waals surface area contributed by atoms with Gasteiger partial charge < -0.3 is 15.1 Å². The molecule has 32 heavy (non-hydrogen) atoms. The van der Waals surface area contributed by atoms with Crippen LogP contribution in [0.25, 0.3) is 0 Å². The van der Waals surface area contributed by atoms with E-state index in [0.717, 1.165) is 56.6 Å². The van der Waals surface area contributed by atoms with Gasteiger partial charge in [-0.05, 0) is 56.9 Å². The molecule has 2 aromatic rings. The van der Waals surface area contributed by atoms with Gasteiger partial charge in [-0.15, -0.1) is 0 Å². The number of hydrogen-bond acceptors (Lipinski definition) is 5. The molecule has 1 aliphatic heterocycles. The summed E-state index contributed by atoms with van der Waals surface area (Å²) in [6, 6.07) is 6.80. The molecule has 174 valence electrons. The van der Waals surface area contributed by atoms with Gasteiger partial charge in [0.2, 0.25) is 10.0 Å². The van der Waals surface area contributed by atoms with Crippen LogP contribution in [0.3, 0.4) is 0 Å². The molecule has 1 aliphatic rings. The van der Waals surface area contributed by atoms with E-state index in [-0.39, 0.29) is 4.90 Å². The molecule has 3 rings (SSSR count). The van der Waals surface area contributed by atoms with Crippen LogP contribution in [0.1, 0.15) is 35.8 Å². The van der Waals surface area contributed by atoms with Gasteiger partial charge in [0, 0.05) is 37.4 Å². The van der Waals surface area contributed by atoms with E-state index in [1.165, 1.54) is 19.2 Å². The Balaban J connectivity index is 1.85. The summed E-state index contributed by atoms with van der Waals surface area (Å²) in [6.07, 6.45) is 0. The minimum atomic E-state index is -3.84. The number of halogens is 2. The molecule has 0 aliphatic carbocycles. The smallest absolute Gasteiger partial charge is 0.254 e. The number of carbonyl (C=O) groups excluding carboxylic acids is 1. The van der Waals surface area contributed by atoms with Crippen LogP contribution in [0.2, 0.25) is 0 Å². The predicted octanol–water partition coefficient (Wildman–Crippen LogP) is 2.51. The van der Waals surface area contributed by atoms with Crippen molar-refractivity contribution in [2.24, 2.45) is 0 Å². The average Bonchev–Trinajstić information content (AvgIpc) is 2.79. The number of sulfonamides is 1. The molecule has 1 saturated heterocycles. The first-order valence-electron chi connectivity index (χ1n) is 10.5. The van der Waals surface area contributed by atoms with Gasteiger partial charge in [0.1, 0.15) is 11.6 Å². The lowest BCUT2D eigenvalue weighted by molar-refractivity contribution is 0.0935. The van der Waals surface area contributed by atoms with Gasteiger partial charge in [-0.3, -0.25) is 4.79 Å². The molecule has 1 heterocycles. The van der Waals surface area contributed by atoms with Crippen molar-refractivity contribution >= 4 is 21.6 Å². The molecule has 2 aromatic carbocycles. The Bertz CT molecular complexity index is 1090. The maximum atomic E-state index is 14.3. The first-order chi connectivity index (χ1) is 15.2.